The molecule has 1 atom stereocenters. The van der Waals surface area contributed by atoms with Crippen molar-refractivity contribution >= 4 is 5.97 Å². The van der Waals surface area contributed by atoms with E-state index in [2.05, 4.69) is 11.8 Å². The lowest BCUT2D eigenvalue weighted by Crippen LogP contribution is -2.30. The number of carbonyl (C=O) groups excluding carboxylic acids is 1. The van der Waals surface area contributed by atoms with Gasteiger partial charge in [-0.2, -0.15) is 0 Å². The van der Waals surface area contributed by atoms with E-state index >= 15 is 0 Å². The van der Waals surface area contributed by atoms with Crippen LogP contribution in [0.15, 0.2) is 0 Å². The van der Waals surface area contributed by atoms with Gasteiger partial charge in [0.1, 0.15) is 0 Å². The Morgan fingerprint density at radius 1 is 1.37 bits per heavy atom. The fourth-order valence-electron chi connectivity index (χ4n) is 3.02. The summed E-state index contributed by atoms with van der Waals surface area (Å²) < 4.78 is 4.93. The van der Waals surface area contributed by atoms with E-state index in [4.69, 9.17) is 4.74 Å². The Labute approximate surface area is 113 Å². The average Bonchev–Trinajstić information content (AvgIpc) is 2.28. The fourth-order valence-corrected chi connectivity index (χ4v) is 3.02. The van der Waals surface area contributed by atoms with Crippen molar-refractivity contribution in [3.8, 4) is 0 Å². The van der Waals surface area contributed by atoms with Crippen LogP contribution in [0.2, 0.25) is 0 Å². The van der Waals surface area contributed by atoms with E-state index in [0.29, 0.717) is 6.42 Å². The molecule has 1 aliphatic carbocycles. The van der Waals surface area contributed by atoms with Crippen molar-refractivity contribution < 1.29 is 19.5 Å². The van der Waals surface area contributed by atoms with Crippen molar-refractivity contribution in [2.75, 3.05) is 0 Å². The molecule has 0 N–H and O–H groups in total. The lowest BCUT2D eigenvalue weighted by Gasteiger charge is -2.36. The van der Waals surface area contributed by atoms with E-state index in [1.165, 1.54) is 13.3 Å². The van der Waals surface area contributed by atoms with Gasteiger partial charge in [0.15, 0.2) is 0 Å². The molecule has 19 heavy (non-hydrogen) atoms. The monoisotopic (exact) mass is 273 g/mol. The van der Waals surface area contributed by atoms with Crippen molar-refractivity contribution in [1.29, 1.82) is 0 Å². The molecule has 1 saturated carbocycles. The highest BCUT2D eigenvalue weighted by molar-refractivity contribution is 5.70. The second-order valence-electron chi connectivity index (χ2n) is 5.37. The Morgan fingerprint density at radius 2 is 2.00 bits per heavy atom. The van der Waals surface area contributed by atoms with Gasteiger partial charge in [-0.15, -0.1) is 10.1 Å². The standard InChI is InChI=1S/C13H23NO5/c1-3-7-13(8-5-4-6-9-13)10-12(15)18-11(2)19-14(16)17/h11H,3-10H2,1-2H3. The maximum absolute atomic E-state index is 11.9. The summed E-state index contributed by atoms with van der Waals surface area (Å²) in [6, 6.07) is 0. The largest absolute Gasteiger partial charge is 0.435 e. The van der Waals surface area contributed by atoms with E-state index < -0.39 is 17.3 Å². The summed E-state index contributed by atoms with van der Waals surface area (Å²) in [5.41, 5.74) is 0.0262. The molecule has 1 aliphatic rings. The molecule has 0 aromatic carbocycles. The van der Waals surface area contributed by atoms with Crippen LogP contribution in [0.4, 0.5) is 0 Å². The highest BCUT2D eigenvalue weighted by Gasteiger charge is 2.34. The zero-order chi connectivity index (χ0) is 14.3. The Hall–Kier alpha value is -1.33. The summed E-state index contributed by atoms with van der Waals surface area (Å²) >= 11 is 0. The maximum Gasteiger partial charge on any atom is 0.308 e. The van der Waals surface area contributed by atoms with Gasteiger partial charge in [0.2, 0.25) is 6.29 Å². The zero-order valence-corrected chi connectivity index (χ0v) is 11.7. The molecular formula is C13H23NO5. The van der Waals surface area contributed by atoms with E-state index in [1.54, 1.807) is 0 Å². The second-order valence-corrected chi connectivity index (χ2v) is 5.37. The normalized spacial score (nSPS) is 19.5. The van der Waals surface area contributed by atoms with Crippen LogP contribution in [0, 0.1) is 15.5 Å². The molecule has 0 spiro atoms. The maximum atomic E-state index is 11.9. The van der Waals surface area contributed by atoms with Gasteiger partial charge in [-0.1, -0.05) is 32.6 Å². The third-order valence-electron chi connectivity index (χ3n) is 3.75. The lowest BCUT2D eigenvalue weighted by atomic mass is 9.69. The van der Waals surface area contributed by atoms with E-state index in [9.17, 15) is 14.9 Å². The topological polar surface area (TPSA) is 78.7 Å². The SMILES string of the molecule is CCCC1(CC(=O)OC(C)O[N+](=O)[O-])CCCCC1. The van der Waals surface area contributed by atoms with Gasteiger partial charge in [-0.25, -0.2) is 0 Å². The Kier molecular flexibility index (Phi) is 6.05. The summed E-state index contributed by atoms with van der Waals surface area (Å²) in [6.45, 7) is 3.47. The molecule has 0 aliphatic heterocycles. The third kappa shape index (κ3) is 5.44. The first-order valence-electron chi connectivity index (χ1n) is 6.98. The van der Waals surface area contributed by atoms with Gasteiger partial charge >= 0.3 is 5.97 Å². The second kappa shape index (κ2) is 7.31. The molecule has 110 valence electrons. The van der Waals surface area contributed by atoms with Crippen molar-refractivity contribution in [3.63, 3.8) is 0 Å². The van der Waals surface area contributed by atoms with Crippen LogP contribution in [0.5, 0.6) is 0 Å². The highest BCUT2D eigenvalue weighted by Crippen LogP contribution is 2.43. The van der Waals surface area contributed by atoms with Gasteiger partial charge in [0, 0.05) is 0 Å². The number of rotatable bonds is 7. The fraction of sp³-hybridized carbons (Fsp3) is 0.923. The van der Waals surface area contributed by atoms with Crippen molar-refractivity contribution in [2.24, 2.45) is 5.41 Å². The zero-order valence-electron chi connectivity index (χ0n) is 11.7. The number of nitrogens with zero attached hydrogens (tertiary/aromatic N) is 1. The minimum atomic E-state index is -1.13. The van der Waals surface area contributed by atoms with Gasteiger partial charge in [-0.05, 0) is 31.6 Å². The minimum absolute atomic E-state index is 0.0262. The molecule has 6 nitrogen and oxygen atoms in total. The molecule has 0 bridgehead atoms. The molecule has 0 aromatic rings. The summed E-state index contributed by atoms with van der Waals surface area (Å²) in [7, 11) is 0. The smallest absolute Gasteiger partial charge is 0.308 e. The summed E-state index contributed by atoms with van der Waals surface area (Å²) in [6.07, 6.45) is 6.85. The molecule has 0 amide bonds. The van der Waals surface area contributed by atoms with Crippen LogP contribution in [0.25, 0.3) is 0 Å². The molecule has 1 rings (SSSR count). The van der Waals surface area contributed by atoms with E-state index in [-0.39, 0.29) is 5.41 Å². The molecule has 6 heteroatoms. The van der Waals surface area contributed by atoms with Crippen LogP contribution in [0.3, 0.4) is 0 Å². The first-order valence-corrected chi connectivity index (χ1v) is 6.98. The predicted molar refractivity (Wildman–Crippen MR) is 68.7 cm³/mol. The Bertz CT molecular complexity index is 307. The summed E-state index contributed by atoms with van der Waals surface area (Å²) in [5, 5.41) is 9.19. The third-order valence-corrected chi connectivity index (χ3v) is 3.75. The average molecular weight is 273 g/mol. The van der Waals surface area contributed by atoms with Gasteiger partial charge < -0.3 is 4.74 Å². The first kappa shape index (κ1) is 15.7. The van der Waals surface area contributed by atoms with Crippen LogP contribution < -0.4 is 0 Å². The van der Waals surface area contributed by atoms with E-state index in [1.807, 2.05) is 0 Å². The minimum Gasteiger partial charge on any atom is -0.435 e. The van der Waals surface area contributed by atoms with Gasteiger partial charge in [0.05, 0.1) is 6.42 Å². The molecule has 0 aromatic heterocycles. The number of hydrogen-bond donors (Lipinski definition) is 0. The first-order chi connectivity index (χ1) is 8.97. The number of hydrogen-bond acceptors (Lipinski definition) is 5. The number of ether oxygens (including phenoxy) is 1. The molecular weight excluding hydrogens is 250 g/mol. The van der Waals surface area contributed by atoms with Crippen LogP contribution in [-0.4, -0.2) is 17.3 Å². The predicted octanol–water partition coefficient (Wildman–Crippen LogP) is 3.22. The van der Waals surface area contributed by atoms with Crippen LogP contribution in [0.1, 0.15) is 65.2 Å². The quantitative estimate of drug-likeness (QED) is 0.308. The van der Waals surface area contributed by atoms with E-state index in [0.717, 1.165) is 38.5 Å². The van der Waals surface area contributed by atoms with Gasteiger partial charge in [0.25, 0.3) is 5.09 Å². The summed E-state index contributed by atoms with van der Waals surface area (Å²) in [5.74, 6) is -0.398. The van der Waals surface area contributed by atoms with Crippen LogP contribution in [-0.2, 0) is 14.4 Å². The summed E-state index contributed by atoms with van der Waals surface area (Å²) in [4.78, 5) is 26.2. The van der Waals surface area contributed by atoms with Crippen molar-refractivity contribution in [3.05, 3.63) is 10.1 Å². The van der Waals surface area contributed by atoms with Crippen molar-refractivity contribution in [2.45, 2.75) is 71.5 Å². The molecule has 0 radical (unpaired) electrons. The molecule has 1 unspecified atom stereocenters. The van der Waals surface area contributed by atoms with Gasteiger partial charge in [-0.3, -0.25) is 9.63 Å². The van der Waals surface area contributed by atoms with Crippen LogP contribution >= 0.6 is 0 Å². The Morgan fingerprint density at radius 3 is 2.53 bits per heavy atom. The van der Waals surface area contributed by atoms with Crippen molar-refractivity contribution in [1.82, 2.24) is 0 Å². The molecule has 0 heterocycles. The lowest BCUT2D eigenvalue weighted by molar-refractivity contribution is -0.777. The molecule has 1 fully saturated rings. The Balaban J connectivity index is 2.49. The highest BCUT2D eigenvalue weighted by atomic mass is 17.0. The number of esters is 1. The molecule has 0 saturated heterocycles. The number of carbonyl (C=O) groups is 1.